The molecule has 1 aliphatic rings. The molecule has 0 spiro atoms. The minimum Gasteiger partial charge on any atom is -0.350 e. The highest BCUT2D eigenvalue weighted by atomic mass is 35.5. The number of rotatable bonds is 3. The highest BCUT2D eigenvalue weighted by molar-refractivity contribution is 7.16. The molecule has 2 heterocycles. The number of carbonyl (C=O) groups is 1. The lowest BCUT2D eigenvalue weighted by atomic mass is 9.90. The molecule has 0 saturated carbocycles. The van der Waals surface area contributed by atoms with Crippen LogP contribution in [0.1, 0.15) is 31.1 Å². The Morgan fingerprint density at radius 1 is 1.59 bits per heavy atom. The topological polar surface area (TPSA) is 41.1 Å². The van der Waals surface area contributed by atoms with Crippen molar-refractivity contribution in [2.75, 3.05) is 6.54 Å². The fourth-order valence-electron chi connectivity index (χ4n) is 2.06. The van der Waals surface area contributed by atoms with Crippen LogP contribution in [0.2, 0.25) is 4.34 Å². The molecule has 0 aliphatic carbocycles. The molecule has 2 N–H and O–H groups in total. The first-order chi connectivity index (χ1) is 8.10. The van der Waals surface area contributed by atoms with Crippen molar-refractivity contribution in [2.24, 2.45) is 0 Å². The average Bonchev–Trinajstić information content (AvgIpc) is 2.73. The fourth-order valence-corrected chi connectivity index (χ4v) is 3.09. The standard InChI is InChI=1S/C12H17ClN2OS/c1-12(6-2-3-7-15-12)11(16)14-8-9-4-5-10(13)17-9/h4-5,15H,2-3,6-8H2,1H3,(H,14,16). The zero-order valence-electron chi connectivity index (χ0n) is 9.88. The van der Waals surface area contributed by atoms with Gasteiger partial charge in [-0.3, -0.25) is 4.79 Å². The minimum atomic E-state index is -0.403. The van der Waals surface area contributed by atoms with Gasteiger partial charge in [-0.2, -0.15) is 0 Å². The predicted octanol–water partition coefficient (Wildman–Crippen LogP) is 2.55. The third kappa shape index (κ3) is 3.21. The molecule has 2 rings (SSSR count). The summed E-state index contributed by atoms with van der Waals surface area (Å²) in [6.07, 6.45) is 3.18. The summed E-state index contributed by atoms with van der Waals surface area (Å²) in [5, 5.41) is 6.27. The van der Waals surface area contributed by atoms with E-state index in [1.165, 1.54) is 11.3 Å². The van der Waals surface area contributed by atoms with Crippen molar-refractivity contribution in [3.63, 3.8) is 0 Å². The van der Waals surface area contributed by atoms with E-state index < -0.39 is 5.54 Å². The number of nitrogens with one attached hydrogen (secondary N) is 2. The summed E-state index contributed by atoms with van der Waals surface area (Å²) in [6, 6.07) is 3.80. The molecule has 0 radical (unpaired) electrons. The van der Waals surface area contributed by atoms with Crippen molar-refractivity contribution in [1.82, 2.24) is 10.6 Å². The second kappa shape index (κ2) is 5.38. The van der Waals surface area contributed by atoms with Crippen LogP contribution in [0.4, 0.5) is 0 Å². The van der Waals surface area contributed by atoms with E-state index in [0.717, 1.165) is 35.0 Å². The van der Waals surface area contributed by atoms with E-state index in [4.69, 9.17) is 11.6 Å². The minimum absolute atomic E-state index is 0.0849. The molecule has 1 aliphatic heterocycles. The molecule has 94 valence electrons. The SMILES string of the molecule is CC1(C(=O)NCc2ccc(Cl)s2)CCCCN1. The summed E-state index contributed by atoms with van der Waals surface area (Å²) >= 11 is 7.35. The summed E-state index contributed by atoms with van der Waals surface area (Å²) in [5.74, 6) is 0.0849. The number of hydrogen-bond acceptors (Lipinski definition) is 3. The van der Waals surface area contributed by atoms with E-state index in [-0.39, 0.29) is 5.91 Å². The van der Waals surface area contributed by atoms with Gasteiger partial charge < -0.3 is 10.6 Å². The number of piperidine rings is 1. The fraction of sp³-hybridized carbons (Fsp3) is 0.583. The third-order valence-corrected chi connectivity index (χ3v) is 4.40. The van der Waals surface area contributed by atoms with E-state index in [1.807, 2.05) is 19.1 Å². The number of hydrogen-bond donors (Lipinski definition) is 2. The first kappa shape index (κ1) is 12.9. The summed E-state index contributed by atoms with van der Waals surface area (Å²) in [5.41, 5.74) is -0.403. The smallest absolute Gasteiger partial charge is 0.240 e. The van der Waals surface area contributed by atoms with Gasteiger partial charge in [-0.1, -0.05) is 11.6 Å². The van der Waals surface area contributed by atoms with Crippen LogP contribution in [0.5, 0.6) is 0 Å². The van der Waals surface area contributed by atoms with Gasteiger partial charge in [-0.05, 0) is 44.9 Å². The Morgan fingerprint density at radius 3 is 3.00 bits per heavy atom. The van der Waals surface area contributed by atoms with Gasteiger partial charge in [0, 0.05) is 4.88 Å². The van der Waals surface area contributed by atoms with Crippen LogP contribution in [0.25, 0.3) is 0 Å². The lowest BCUT2D eigenvalue weighted by molar-refractivity contribution is -0.128. The summed E-state index contributed by atoms with van der Waals surface area (Å²) in [6.45, 7) is 3.46. The van der Waals surface area contributed by atoms with Gasteiger partial charge in [0.05, 0.1) is 16.4 Å². The third-order valence-electron chi connectivity index (χ3n) is 3.17. The Bertz CT molecular complexity index is 399. The molecular formula is C12H17ClN2OS. The van der Waals surface area contributed by atoms with Crippen LogP contribution >= 0.6 is 22.9 Å². The molecule has 5 heteroatoms. The average molecular weight is 273 g/mol. The first-order valence-electron chi connectivity index (χ1n) is 5.88. The van der Waals surface area contributed by atoms with Gasteiger partial charge in [0.25, 0.3) is 0 Å². The number of halogens is 1. The van der Waals surface area contributed by atoms with Crippen LogP contribution in [-0.4, -0.2) is 18.0 Å². The molecule has 1 fully saturated rings. The molecular weight excluding hydrogens is 256 g/mol. The highest BCUT2D eigenvalue weighted by Crippen LogP contribution is 2.22. The molecule has 1 unspecified atom stereocenters. The van der Waals surface area contributed by atoms with Gasteiger partial charge in [0.2, 0.25) is 5.91 Å². The molecule has 1 amide bonds. The van der Waals surface area contributed by atoms with E-state index in [1.54, 1.807) is 0 Å². The van der Waals surface area contributed by atoms with Crippen molar-refractivity contribution < 1.29 is 4.79 Å². The molecule has 1 saturated heterocycles. The van der Waals surface area contributed by atoms with Crippen molar-refractivity contribution in [3.05, 3.63) is 21.3 Å². The van der Waals surface area contributed by atoms with Crippen LogP contribution in [0, 0.1) is 0 Å². The van der Waals surface area contributed by atoms with E-state index in [0.29, 0.717) is 6.54 Å². The molecule has 1 aromatic rings. The maximum Gasteiger partial charge on any atom is 0.240 e. The lowest BCUT2D eigenvalue weighted by Gasteiger charge is -2.33. The molecule has 17 heavy (non-hydrogen) atoms. The van der Waals surface area contributed by atoms with Crippen molar-refractivity contribution in [3.8, 4) is 0 Å². The van der Waals surface area contributed by atoms with Gasteiger partial charge in [0.15, 0.2) is 0 Å². The molecule has 1 atom stereocenters. The second-order valence-corrected chi connectivity index (χ2v) is 6.40. The highest BCUT2D eigenvalue weighted by Gasteiger charge is 2.33. The van der Waals surface area contributed by atoms with Crippen molar-refractivity contribution in [2.45, 2.75) is 38.3 Å². The normalized spacial score (nSPS) is 24.6. The predicted molar refractivity (Wildman–Crippen MR) is 71.4 cm³/mol. The largest absolute Gasteiger partial charge is 0.350 e. The number of carbonyl (C=O) groups excluding carboxylic acids is 1. The Labute approximate surface area is 111 Å². The molecule has 0 bridgehead atoms. The number of amides is 1. The number of thiophene rings is 1. The van der Waals surface area contributed by atoms with E-state index >= 15 is 0 Å². The maximum absolute atomic E-state index is 12.1. The maximum atomic E-state index is 12.1. The second-order valence-electron chi connectivity index (χ2n) is 4.60. The van der Waals surface area contributed by atoms with Crippen LogP contribution in [-0.2, 0) is 11.3 Å². The molecule has 1 aromatic heterocycles. The van der Waals surface area contributed by atoms with Gasteiger partial charge in [-0.25, -0.2) is 0 Å². The monoisotopic (exact) mass is 272 g/mol. The quantitative estimate of drug-likeness (QED) is 0.888. The lowest BCUT2D eigenvalue weighted by Crippen LogP contribution is -2.56. The van der Waals surface area contributed by atoms with E-state index in [2.05, 4.69) is 10.6 Å². The Hall–Kier alpha value is -0.580. The summed E-state index contributed by atoms with van der Waals surface area (Å²) in [7, 11) is 0. The first-order valence-corrected chi connectivity index (χ1v) is 7.07. The Morgan fingerprint density at radius 2 is 2.41 bits per heavy atom. The van der Waals surface area contributed by atoms with Crippen LogP contribution in [0.15, 0.2) is 12.1 Å². The zero-order valence-corrected chi connectivity index (χ0v) is 11.5. The van der Waals surface area contributed by atoms with Crippen molar-refractivity contribution >= 4 is 28.8 Å². The molecule has 3 nitrogen and oxygen atoms in total. The van der Waals surface area contributed by atoms with Crippen LogP contribution in [0.3, 0.4) is 0 Å². The van der Waals surface area contributed by atoms with Gasteiger partial charge >= 0.3 is 0 Å². The Balaban J connectivity index is 1.88. The van der Waals surface area contributed by atoms with Gasteiger partial charge in [-0.15, -0.1) is 11.3 Å². The van der Waals surface area contributed by atoms with Crippen molar-refractivity contribution in [1.29, 1.82) is 0 Å². The zero-order chi connectivity index (χ0) is 12.3. The Kier molecular flexibility index (Phi) is 4.07. The summed E-state index contributed by atoms with van der Waals surface area (Å²) < 4.78 is 0.760. The van der Waals surface area contributed by atoms with E-state index in [9.17, 15) is 4.79 Å². The van der Waals surface area contributed by atoms with Crippen LogP contribution < -0.4 is 10.6 Å². The molecule has 0 aromatic carbocycles. The summed E-state index contributed by atoms with van der Waals surface area (Å²) in [4.78, 5) is 13.2. The van der Waals surface area contributed by atoms with Gasteiger partial charge in [0.1, 0.15) is 0 Å².